The molecule has 0 N–H and O–H groups in total. The van der Waals surface area contributed by atoms with Crippen LogP contribution in [0.2, 0.25) is 0 Å². The lowest BCUT2D eigenvalue weighted by Gasteiger charge is -2.17. The Labute approximate surface area is 143 Å². The molecule has 1 atom stereocenters. The summed E-state index contributed by atoms with van der Waals surface area (Å²) < 4.78 is 11.9. The average Bonchev–Trinajstić information content (AvgIpc) is 3.05. The van der Waals surface area contributed by atoms with Gasteiger partial charge in [-0.05, 0) is 46.3 Å². The number of aromatic nitrogens is 1. The van der Waals surface area contributed by atoms with Gasteiger partial charge < -0.3 is 14.4 Å². The first kappa shape index (κ1) is 15.8. The van der Waals surface area contributed by atoms with Crippen molar-refractivity contribution in [2.45, 2.75) is 12.5 Å². The van der Waals surface area contributed by atoms with E-state index < -0.39 is 0 Å². The number of benzene rings is 1. The number of hydrogen-bond acceptors (Lipinski definition) is 4. The van der Waals surface area contributed by atoms with Crippen LogP contribution >= 0.6 is 15.9 Å². The van der Waals surface area contributed by atoms with Crippen LogP contribution in [0.5, 0.6) is 11.6 Å². The van der Waals surface area contributed by atoms with Gasteiger partial charge in [-0.15, -0.1) is 0 Å². The van der Waals surface area contributed by atoms with Gasteiger partial charge in [-0.2, -0.15) is 0 Å². The fourth-order valence-electron chi connectivity index (χ4n) is 2.53. The fourth-order valence-corrected chi connectivity index (χ4v) is 2.76. The van der Waals surface area contributed by atoms with E-state index in [2.05, 4.69) is 20.9 Å². The maximum absolute atomic E-state index is 12.5. The van der Waals surface area contributed by atoms with Gasteiger partial charge in [0.2, 0.25) is 5.88 Å². The molecule has 2 heterocycles. The predicted molar refractivity (Wildman–Crippen MR) is 89.9 cm³/mol. The molecular weight excluding hydrogens is 360 g/mol. The highest BCUT2D eigenvalue weighted by Gasteiger charge is 2.28. The summed E-state index contributed by atoms with van der Waals surface area (Å²) >= 11 is 3.34. The second-order valence-electron chi connectivity index (χ2n) is 5.32. The smallest absolute Gasteiger partial charge is 0.253 e. The van der Waals surface area contributed by atoms with E-state index in [0.29, 0.717) is 24.5 Å². The van der Waals surface area contributed by atoms with E-state index >= 15 is 0 Å². The molecule has 0 saturated carbocycles. The molecule has 1 aliphatic heterocycles. The van der Waals surface area contributed by atoms with Crippen molar-refractivity contribution < 1.29 is 14.3 Å². The Bertz CT molecular complexity index is 673. The van der Waals surface area contributed by atoms with E-state index in [-0.39, 0.29) is 12.0 Å². The van der Waals surface area contributed by atoms with E-state index in [1.54, 1.807) is 37.6 Å². The molecule has 120 valence electrons. The molecule has 1 aromatic heterocycles. The van der Waals surface area contributed by atoms with Crippen molar-refractivity contribution in [1.29, 1.82) is 0 Å². The van der Waals surface area contributed by atoms with Crippen LogP contribution in [0, 0.1) is 0 Å². The monoisotopic (exact) mass is 376 g/mol. The molecule has 0 spiro atoms. The zero-order valence-corrected chi connectivity index (χ0v) is 14.3. The van der Waals surface area contributed by atoms with Crippen LogP contribution in [0.25, 0.3) is 0 Å². The minimum absolute atomic E-state index is 0.0162. The van der Waals surface area contributed by atoms with Gasteiger partial charge in [0.1, 0.15) is 11.9 Å². The van der Waals surface area contributed by atoms with Gasteiger partial charge in [0.05, 0.1) is 13.7 Å². The molecule has 0 bridgehead atoms. The number of pyridine rings is 1. The fraction of sp³-hybridized carbons (Fsp3) is 0.294. The van der Waals surface area contributed by atoms with Crippen LogP contribution in [0.1, 0.15) is 16.8 Å². The summed E-state index contributed by atoms with van der Waals surface area (Å²) in [7, 11) is 1.61. The molecule has 1 aromatic carbocycles. The number of rotatable bonds is 4. The standard InChI is InChI=1S/C17H17BrN2O3/c1-22-14-5-2-12(3-6-14)17(21)20-9-8-15(11-20)23-16-7-4-13(18)10-19-16/h2-7,10,15H,8-9,11H2,1H3. The maximum atomic E-state index is 12.5. The SMILES string of the molecule is COc1ccc(C(=O)N2CCC(Oc3ccc(Br)cn3)C2)cc1. The summed E-state index contributed by atoms with van der Waals surface area (Å²) in [4.78, 5) is 18.5. The molecule has 0 radical (unpaired) electrons. The number of likely N-dealkylation sites (tertiary alicyclic amines) is 1. The Morgan fingerprint density at radius 1 is 1.26 bits per heavy atom. The summed E-state index contributed by atoms with van der Waals surface area (Å²) in [6, 6.07) is 10.9. The Morgan fingerprint density at radius 3 is 2.70 bits per heavy atom. The predicted octanol–water partition coefficient (Wildman–Crippen LogP) is 3.15. The van der Waals surface area contributed by atoms with Crippen molar-refractivity contribution in [3.8, 4) is 11.6 Å². The zero-order chi connectivity index (χ0) is 16.2. The second kappa shape index (κ2) is 7.00. The third-order valence-electron chi connectivity index (χ3n) is 3.76. The molecular formula is C17H17BrN2O3. The maximum Gasteiger partial charge on any atom is 0.253 e. The average molecular weight is 377 g/mol. The van der Waals surface area contributed by atoms with E-state index in [4.69, 9.17) is 9.47 Å². The highest BCUT2D eigenvalue weighted by Crippen LogP contribution is 2.20. The van der Waals surface area contributed by atoms with Gasteiger partial charge in [0.25, 0.3) is 5.91 Å². The molecule has 1 saturated heterocycles. The molecule has 3 rings (SSSR count). The summed E-state index contributed by atoms with van der Waals surface area (Å²) in [5.41, 5.74) is 0.660. The third kappa shape index (κ3) is 3.82. The van der Waals surface area contributed by atoms with E-state index in [9.17, 15) is 4.79 Å². The molecule has 6 heteroatoms. The molecule has 5 nitrogen and oxygen atoms in total. The Balaban J connectivity index is 1.60. The normalized spacial score (nSPS) is 17.1. The Hall–Kier alpha value is -2.08. The molecule has 1 unspecified atom stereocenters. The van der Waals surface area contributed by atoms with Gasteiger partial charge in [0, 0.05) is 35.3 Å². The Kier molecular flexibility index (Phi) is 4.81. The summed E-state index contributed by atoms with van der Waals surface area (Å²) in [6.45, 7) is 1.26. The van der Waals surface area contributed by atoms with Crippen molar-refractivity contribution in [2.75, 3.05) is 20.2 Å². The second-order valence-corrected chi connectivity index (χ2v) is 6.24. The first-order chi connectivity index (χ1) is 11.2. The van der Waals surface area contributed by atoms with Gasteiger partial charge in [-0.25, -0.2) is 4.98 Å². The van der Waals surface area contributed by atoms with E-state index in [0.717, 1.165) is 16.6 Å². The number of amides is 1. The topological polar surface area (TPSA) is 51.7 Å². The van der Waals surface area contributed by atoms with Crippen LogP contribution in [0.4, 0.5) is 0 Å². The van der Waals surface area contributed by atoms with Crippen molar-refractivity contribution in [1.82, 2.24) is 9.88 Å². The molecule has 23 heavy (non-hydrogen) atoms. The number of carbonyl (C=O) groups excluding carboxylic acids is 1. The van der Waals surface area contributed by atoms with Gasteiger partial charge in [0.15, 0.2) is 0 Å². The first-order valence-corrected chi connectivity index (χ1v) is 8.16. The molecule has 1 fully saturated rings. The number of hydrogen-bond donors (Lipinski definition) is 0. The summed E-state index contributed by atoms with van der Waals surface area (Å²) in [5.74, 6) is 1.34. The lowest BCUT2D eigenvalue weighted by atomic mass is 10.2. The first-order valence-electron chi connectivity index (χ1n) is 7.37. The quantitative estimate of drug-likeness (QED) is 0.822. The van der Waals surface area contributed by atoms with Crippen LogP contribution in [0.3, 0.4) is 0 Å². The molecule has 1 aliphatic rings. The number of carbonyl (C=O) groups is 1. The molecule has 1 amide bonds. The lowest BCUT2D eigenvalue weighted by Crippen LogP contribution is -2.31. The van der Waals surface area contributed by atoms with E-state index in [1.165, 1.54) is 0 Å². The van der Waals surface area contributed by atoms with Crippen molar-refractivity contribution in [3.63, 3.8) is 0 Å². The van der Waals surface area contributed by atoms with Crippen LogP contribution in [-0.4, -0.2) is 42.1 Å². The van der Waals surface area contributed by atoms with Crippen molar-refractivity contribution >= 4 is 21.8 Å². The highest BCUT2D eigenvalue weighted by atomic mass is 79.9. The Morgan fingerprint density at radius 2 is 2.04 bits per heavy atom. The minimum Gasteiger partial charge on any atom is -0.497 e. The number of methoxy groups -OCH3 is 1. The van der Waals surface area contributed by atoms with Gasteiger partial charge in [-0.1, -0.05) is 0 Å². The van der Waals surface area contributed by atoms with Crippen LogP contribution in [-0.2, 0) is 0 Å². The molecule has 2 aromatic rings. The summed E-state index contributed by atoms with van der Waals surface area (Å²) in [5, 5.41) is 0. The largest absolute Gasteiger partial charge is 0.497 e. The van der Waals surface area contributed by atoms with E-state index in [1.807, 2.05) is 17.0 Å². The third-order valence-corrected chi connectivity index (χ3v) is 4.23. The van der Waals surface area contributed by atoms with Gasteiger partial charge in [-0.3, -0.25) is 4.79 Å². The molecule has 0 aliphatic carbocycles. The summed E-state index contributed by atoms with van der Waals surface area (Å²) in [6.07, 6.45) is 2.48. The lowest BCUT2D eigenvalue weighted by molar-refractivity contribution is 0.0771. The highest BCUT2D eigenvalue weighted by molar-refractivity contribution is 9.10. The van der Waals surface area contributed by atoms with Crippen LogP contribution < -0.4 is 9.47 Å². The van der Waals surface area contributed by atoms with Crippen molar-refractivity contribution in [3.05, 3.63) is 52.6 Å². The van der Waals surface area contributed by atoms with Crippen LogP contribution in [0.15, 0.2) is 47.1 Å². The minimum atomic E-state index is -0.0223. The van der Waals surface area contributed by atoms with Gasteiger partial charge >= 0.3 is 0 Å². The number of halogens is 1. The number of nitrogens with zero attached hydrogens (tertiary/aromatic N) is 2. The zero-order valence-electron chi connectivity index (χ0n) is 12.7. The van der Waals surface area contributed by atoms with Crippen molar-refractivity contribution in [2.24, 2.45) is 0 Å². The number of ether oxygens (including phenoxy) is 2.